The van der Waals surface area contributed by atoms with E-state index in [2.05, 4.69) is 31.2 Å². The number of ether oxygens (including phenoxy) is 1. The molecule has 0 aliphatic heterocycles. The van der Waals surface area contributed by atoms with Gasteiger partial charge in [0.25, 0.3) is 0 Å². The SMILES string of the molecule is CCCCCC=CCC=CCCCCCCCCOCCO. The first-order valence-corrected chi connectivity index (χ1v) is 9.40. The fourth-order valence-electron chi connectivity index (χ4n) is 2.36. The minimum atomic E-state index is 0.141. The van der Waals surface area contributed by atoms with Gasteiger partial charge in [-0.3, -0.25) is 0 Å². The molecule has 0 radical (unpaired) electrons. The van der Waals surface area contributed by atoms with Crippen LogP contribution in [0.1, 0.15) is 84.0 Å². The first kappa shape index (κ1) is 21.4. The number of aliphatic hydroxyl groups is 1. The van der Waals surface area contributed by atoms with Gasteiger partial charge in [0.15, 0.2) is 0 Å². The van der Waals surface area contributed by atoms with Crippen molar-refractivity contribution in [3.05, 3.63) is 24.3 Å². The number of aliphatic hydroxyl groups excluding tert-OH is 1. The van der Waals surface area contributed by atoms with Crippen molar-refractivity contribution >= 4 is 0 Å². The van der Waals surface area contributed by atoms with E-state index in [-0.39, 0.29) is 6.61 Å². The fraction of sp³-hybridized carbons (Fsp3) is 0.800. The summed E-state index contributed by atoms with van der Waals surface area (Å²) in [6.07, 6.45) is 24.5. The van der Waals surface area contributed by atoms with Crippen molar-refractivity contribution in [1.29, 1.82) is 0 Å². The van der Waals surface area contributed by atoms with Crippen LogP contribution in [0.2, 0.25) is 0 Å². The Hall–Kier alpha value is -0.600. The summed E-state index contributed by atoms with van der Waals surface area (Å²) in [4.78, 5) is 0. The number of hydrogen-bond donors (Lipinski definition) is 1. The Balaban J connectivity index is 3.11. The van der Waals surface area contributed by atoms with Crippen molar-refractivity contribution in [2.24, 2.45) is 0 Å². The van der Waals surface area contributed by atoms with Crippen LogP contribution < -0.4 is 0 Å². The summed E-state index contributed by atoms with van der Waals surface area (Å²) in [5.74, 6) is 0. The maximum Gasteiger partial charge on any atom is 0.0697 e. The van der Waals surface area contributed by atoms with Crippen molar-refractivity contribution in [2.45, 2.75) is 84.0 Å². The highest BCUT2D eigenvalue weighted by Gasteiger charge is 1.91. The zero-order valence-corrected chi connectivity index (χ0v) is 14.8. The monoisotopic (exact) mass is 310 g/mol. The molecular weight excluding hydrogens is 272 g/mol. The predicted molar refractivity (Wildman–Crippen MR) is 97.3 cm³/mol. The highest BCUT2D eigenvalue weighted by Crippen LogP contribution is 2.08. The maximum absolute atomic E-state index is 8.57. The van der Waals surface area contributed by atoms with Crippen LogP contribution in [-0.2, 0) is 4.74 Å². The lowest BCUT2D eigenvalue weighted by Gasteiger charge is -2.02. The third kappa shape index (κ3) is 19.4. The molecule has 2 heteroatoms. The first-order valence-electron chi connectivity index (χ1n) is 9.40. The zero-order chi connectivity index (χ0) is 16.1. The van der Waals surface area contributed by atoms with Gasteiger partial charge in [0, 0.05) is 6.61 Å². The van der Waals surface area contributed by atoms with Crippen LogP contribution in [0.4, 0.5) is 0 Å². The molecule has 130 valence electrons. The van der Waals surface area contributed by atoms with Gasteiger partial charge in [-0.2, -0.15) is 0 Å². The summed E-state index contributed by atoms with van der Waals surface area (Å²) in [6.45, 7) is 3.68. The van der Waals surface area contributed by atoms with E-state index in [1.807, 2.05) is 0 Å². The Morgan fingerprint density at radius 1 is 0.682 bits per heavy atom. The van der Waals surface area contributed by atoms with Gasteiger partial charge >= 0.3 is 0 Å². The molecule has 2 nitrogen and oxygen atoms in total. The summed E-state index contributed by atoms with van der Waals surface area (Å²) in [7, 11) is 0. The third-order valence-corrected chi connectivity index (χ3v) is 3.72. The molecule has 0 unspecified atom stereocenters. The maximum atomic E-state index is 8.57. The van der Waals surface area contributed by atoms with Crippen LogP contribution in [-0.4, -0.2) is 24.9 Å². The molecular formula is C20H38O2. The van der Waals surface area contributed by atoms with E-state index in [1.54, 1.807) is 0 Å². The van der Waals surface area contributed by atoms with Crippen molar-refractivity contribution in [2.75, 3.05) is 19.8 Å². The number of rotatable bonds is 17. The lowest BCUT2D eigenvalue weighted by Crippen LogP contribution is -2.00. The second kappa shape index (κ2) is 20.4. The van der Waals surface area contributed by atoms with Gasteiger partial charge in [0.05, 0.1) is 13.2 Å². The molecule has 22 heavy (non-hydrogen) atoms. The molecule has 0 atom stereocenters. The third-order valence-electron chi connectivity index (χ3n) is 3.72. The molecule has 0 spiro atoms. The Bertz CT molecular complexity index is 246. The van der Waals surface area contributed by atoms with Crippen LogP contribution in [0, 0.1) is 0 Å². The van der Waals surface area contributed by atoms with E-state index in [9.17, 15) is 0 Å². The lowest BCUT2D eigenvalue weighted by atomic mass is 10.1. The molecule has 0 aliphatic rings. The lowest BCUT2D eigenvalue weighted by molar-refractivity contribution is 0.0895. The topological polar surface area (TPSA) is 29.5 Å². The van der Waals surface area contributed by atoms with Crippen LogP contribution in [0.3, 0.4) is 0 Å². The molecule has 0 aliphatic carbocycles. The van der Waals surface area contributed by atoms with E-state index >= 15 is 0 Å². The Morgan fingerprint density at radius 3 is 1.91 bits per heavy atom. The van der Waals surface area contributed by atoms with Crippen molar-refractivity contribution in [1.82, 2.24) is 0 Å². The molecule has 0 saturated heterocycles. The van der Waals surface area contributed by atoms with Crippen LogP contribution in [0.15, 0.2) is 24.3 Å². The second-order valence-electron chi connectivity index (χ2n) is 5.92. The van der Waals surface area contributed by atoms with Gasteiger partial charge in [-0.15, -0.1) is 0 Å². The Labute approximate surface area is 138 Å². The van der Waals surface area contributed by atoms with E-state index in [4.69, 9.17) is 9.84 Å². The van der Waals surface area contributed by atoms with Gasteiger partial charge in [-0.1, -0.05) is 69.8 Å². The molecule has 0 aromatic rings. The smallest absolute Gasteiger partial charge is 0.0697 e. The summed E-state index contributed by atoms with van der Waals surface area (Å²) in [5.41, 5.74) is 0. The molecule has 0 saturated carbocycles. The van der Waals surface area contributed by atoms with Crippen LogP contribution >= 0.6 is 0 Å². The molecule has 0 fully saturated rings. The standard InChI is InChI=1S/C20H38O2/c1-2-3-4-5-6-7-8-9-10-11-12-13-14-15-16-17-19-22-20-18-21/h6-7,9-10,21H,2-5,8,11-20H2,1H3. The summed E-state index contributed by atoms with van der Waals surface area (Å²) < 4.78 is 5.24. The highest BCUT2D eigenvalue weighted by molar-refractivity contribution is 4.92. The molecule has 0 amide bonds. The number of allylic oxidation sites excluding steroid dienone is 4. The Morgan fingerprint density at radius 2 is 1.27 bits per heavy atom. The van der Waals surface area contributed by atoms with Gasteiger partial charge in [-0.05, 0) is 38.5 Å². The van der Waals surface area contributed by atoms with Crippen molar-refractivity contribution in [3.8, 4) is 0 Å². The zero-order valence-electron chi connectivity index (χ0n) is 14.8. The average molecular weight is 311 g/mol. The average Bonchev–Trinajstić information content (AvgIpc) is 2.54. The van der Waals surface area contributed by atoms with Gasteiger partial charge in [0.2, 0.25) is 0 Å². The van der Waals surface area contributed by atoms with Crippen LogP contribution in [0.25, 0.3) is 0 Å². The summed E-state index contributed by atoms with van der Waals surface area (Å²) in [5, 5.41) is 8.57. The van der Waals surface area contributed by atoms with E-state index in [0.29, 0.717) is 6.61 Å². The van der Waals surface area contributed by atoms with E-state index in [1.165, 1.54) is 64.2 Å². The predicted octanol–water partition coefficient (Wildman–Crippen LogP) is 5.81. The minimum Gasteiger partial charge on any atom is -0.394 e. The summed E-state index contributed by atoms with van der Waals surface area (Å²) >= 11 is 0. The summed E-state index contributed by atoms with van der Waals surface area (Å²) in [6, 6.07) is 0. The number of hydrogen-bond acceptors (Lipinski definition) is 2. The second-order valence-corrected chi connectivity index (χ2v) is 5.92. The molecule has 0 bridgehead atoms. The van der Waals surface area contributed by atoms with Crippen molar-refractivity contribution in [3.63, 3.8) is 0 Å². The Kier molecular flexibility index (Phi) is 19.8. The van der Waals surface area contributed by atoms with Crippen LogP contribution in [0.5, 0.6) is 0 Å². The molecule has 0 rings (SSSR count). The molecule has 1 N–H and O–H groups in total. The molecule has 0 heterocycles. The van der Waals surface area contributed by atoms with Crippen molar-refractivity contribution < 1.29 is 9.84 Å². The van der Waals surface area contributed by atoms with Gasteiger partial charge in [-0.25, -0.2) is 0 Å². The van der Waals surface area contributed by atoms with E-state index < -0.39 is 0 Å². The normalized spacial score (nSPS) is 11.9. The fourth-order valence-corrected chi connectivity index (χ4v) is 2.36. The first-order chi connectivity index (χ1) is 10.9. The number of unbranched alkanes of at least 4 members (excludes halogenated alkanes) is 9. The highest BCUT2D eigenvalue weighted by atomic mass is 16.5. The largest absolute Gasteiger partial charge is 0.394 e. The van der Waals surface area contributed by atoms with Gasteiger partial charge in [0.1, 0.15) is 0 Å². The van der Waals surface area contributed by atoms with Gasteiger partial charge < -0.3 is 9.84 Å². The molecule has 0 aromatic heterocycles. The minimum absolute atomic E-state index is 0.141. The van der Waals surface area contributed by atoms with E-state index in [0.717, 1.165) is 19.4 Å². The quantitative estimate of drug-likeness (QED) is 0.271. The molecule has 0 aromatic carbocycles.